The van der Waals surface area contributed by atoms with Crippen LogP contribution < -0.4 is 11.1 Å². The minimum Gasteiger partial charge on any atom is -0.444 e. The number of hydrogen-bond donors (Lipinski definition) is 2. The van der Waals surface area contributed by atoms with Crippen LogP contribution in [0.25, 0.3) is 0 Å². The second kappa shape index (κ2) is 5.01. The third kappa shape index (κ3) is 6.06. The standard InChI is InChI=1S/C11H20N2O3/c1-6-11(5,7-8(12)14)13-9(15)16-10(2,3)4/h6H,1,7H2,2-5H3,(H2,12,14)(H,13,15)/t11-/m1/s1. The summed E-state index contributed by atoms with van der Waals surface area (Å²) >= 11 is 0. The van der Waals surface area contributed by atoms with Crippen LogP contribution in [-0.2, 0) is 9.53 Å². The number of amides is 2. The van der Waals surface area contributed by atoms with Crippen LogP contribution in [0.4, 0.5) is 4.79 Å². The van der Waals surface area contributed by atoms with E-state index in [2.05, 4.69) is 11.9 Å². The number of carbonyl (C=O) groups is 2. The molecule has 0 unspecified atom stereocenters. The van der Waals surface area contributed by atoms with Gasteiger partial charge >= 0.3 is 6.09 Å². The number of carbonyl (C=O) groups excluding carboxylic acids is 2. The van der Waals surface area contributed by atoms with Crippen molar-refractivity contribution in [2.75, 3.05) is 0 Å². The van der Waals surface area contributed by atoms with Crippen LogP contribution in [0.3, 0.4) is 0 Å². The van der Waals surface area contributed by atoms with E-state index in [-0.39, 0.29) is 6.42 Å². The second-order valence-corrected chi connectivity index (χ2v) is 4.89. The Bertz CT molecular complexity index is 294. The SMILES string of the molecule is C=C[C@](C)(CC(N)=O)NC(=O)OC(C)(C)C. The Hall–Kier alpha value is -1.52. The topological polar surface area (TPSA) is 81.4 Å². The minimum absolute atomic E-state index is 0.0181. The molecular formula is C11H20N2O3. The Morgan fingerprint density at radius 2 is 1.88 bits per heavy atom. The summed E-state index contributed by atoms with van der Waals surface area (Å²) in [4.78, 5) is 22.3. The van der Waals surface area contributed by atoms with E-state index in [0.717, 1.165) is 0 Å². The van der Waals surface area contributed by atoms with Gasteiger partial charge in [-0.05, 0) is 27.7 Å². The highest BCUT2D eigenvalue weighted by atomic mass is 16.6. The zero-order valence-corrected chi connectivity index (χ0v) is 10.3. The Labute approximate surface area is 96.0 Å². The average Bonchev–Trinajstić information content (AvgIpc) is 1.98. The summed E-state index contributed by atoms with van der Waals surface area (Å²) in [6.07, 6.45) is 0.841. The van der Waals surface area contributed by atoms with Crippen molar-refractivity contribution in [3.63, 3.8) is 0 Å². The van der Waals surface area contributed by atoms with Crippen molar-refractivity contribution >= 4 is 12.0 Å². The lowest BCUT2D eigenvalue weighted by molar-refractivity contribution is -0.118. The molecule has 0 aromatic carbocycles. The molecule has 0 saturated heterocycles. The molecule has 1 atom stereocenters. The van der Waals surface area contributed by atoms with Gasteiger partial charge in [-0.25, -0.2) is 4.79 Å². The maximum absolute atomic E-state index is 11.5. The fraction of sp³-hybridized carbons (Fsp3) is 0.636. The van der Waals surface area contributed by atoms with Gasteiger partial charge in [0.1, 0.15) is 5.60 Å². The molecule has 16 heavy (non-hydrogen) atoms. The molecule has 0 aliphatic heterocycles. The lowest BCUT2D eigenvalue weighted by atomic mass is 9.98. The van der Waals surface area contributed by atoms with Crippen molar-refractivity contribution in [3.8, 4) is 0 Å². The van der Waals surface area contributed by atoms with Crippen LogP contribution in [0.15, 0.2) is 12.7 Å². The molecule has 0 aromatic heterocycles. The summed E-state index contributed by atoms with van der Waals surface area (Å²) in [6.45, 7) is 10.5. The Morgan fingerprint density at radius 3 is 2.19 bits per heavy atom. The fourth-order valence-electron chi connectivity index (χ4n) is 1.07. The largest absolute Gasteiger partial charge is 0.444 e. The van der Waals surface area contributed by atoms with Crippen LogP contribution in [-0.4, -0.2) is 23.1 Å². The Morgan fingerprint density at radius 1 is 1.38 bits per heavy atom. The van der Waals surface area contributed by atoms with Gasteiger partial charge in [-0.1, -0.05) is 6.08 Å². The van der Waals surface area contributed by atoms with Gasteiger partial charge < -0.3 is 15.8 Å². The molecule has 0 spiro atoms. The lowest BCUT2D eigenvalue weighted by Gasteiger charge is -2.28. The smallest absolute Gasteiger partial charge is 0.408 e. The first kappa shape index (κ1) is 14.5. The monoisotopic (exact) mass is 228 g/mol. The van der Waals surface area contributed by atoms with Crippen molar-refractivity contribution in [2.45, 2.75) is 45.3 Å². The van der Waals surface area contributed by atoms with E-state index in [1.165, 1.54) is 6.08 Å². The van der Waals surface area contributed by atoms with Crippen molar-refractivity contribution in [3.05, 3.63) is 12.7 Å². The predicted octanol–water partition coefficient (Wildman–Crippen LogP) is 1.33. The van der Waals surface area contributed by atoms with Gasteiger partial charge in [0.2, 0.25) is 5.91 Å². The van der Waals surface area contributed by atoms with E-state index in [4.69, 9.17) is 10.5 Å². The molecule has 0 saturated carbocycles. The average molecular weight is 228 g/mol. The summed E-state index contributed by atoms with van der Waals surface area (Å²) in [5, 5.41) is 2.55. The molecule has 0 radical (unpaired) electrons. The van der Waals surface area contributed by atoms with Gasteiger partial charge in [0.25, 0.3) is 0 Å². The van der Waals surface area contributed by atoms with Crippen LogP contribution in [0.5, 0.6) is 0 Å². The zero-order chi connectivity index (χ0) is 13.0. The molecule has 2 amide bonds. The van der Waals surface area contributed by atoms with E-state index in [9.17, 15) is 9.59 Å². The van der Waals surface area contributed by atoms with Crippen LogP contribution in [0.1, 0.15) is 34.1 Å². The van der Waals surface area contributed by atoms with Crippen molar-refractivity contribution in [1.29, 1.82) is 0 Å². The normalized spacial score (nSPS) is 14.8. The van der Waals surface area contributed by atoms with E-state index in [1.54, 1.807) is 27.7 Å². The highest BCUT2D eigenvalue weighted by Gasteiger charge is 2.27. The third-order valence-electron chi connectivity index (χ3n) is 1.78. The molecule has 0 heterocycles. The van der Waals surface area contributed by atoms with Gasteiger partial charge in [0.15, 0.2) is 0 Å². The van der Waals surface area contributed by atoms with Gasteiger partial charge in [0.05, 0.1) is 12.0 Å². The maximum Gasteiger partial charge on any atom is 0.408 e. The molecule has 3 N–H and O–H groups in total. The summed E-state index contributed by atoms with van der Waals surface area (Å²) in [5.74, 6) is -0.515. The minimum atomic E-state index is -0.881. The van der Waals surface area contributed by atoms with Gasteiger partial charge in [-0.3, -0.25) is 4.79 Å². The molecule has 0 fully saturated rings. The molecule has 92 valence electrons. The number of rotatable bonds is 4. The molecule has 0 aliphatic carbocycles. The number of ether oxygens (including phenoxy) is 1. The number of primary amides is 1. The molecule has 5 heteroatoms. The van der Waals surface area contributed by atoms with Crippen LogP contribution >= 0.6 is 0 Å². The number of nitrogens with two attached hydrogens (primary N) is 1. The zero-order valence-electron chi connectivity index (χ0n) is 10.3. The Kier molecular flexibility index (Phi) is 4.53. The molecule has 0 rings (SSSR count). The third-order valence-corrected chi connectivity index (χ3v) is 1.78. The first-order valence-corrected chi connectivity index (χ1v) is 5.01. The fourth-order valence-corrected chi connectivity index (χ4v) is 1.07. The van der Waals surface area contributed by atoms with Crippen LogP contribution in [0, 0.1) is 0 Å². The quantitative estimate of drug-likeness (QED) is 0.712. The Balaban J connectivity index is 4.48. The highest BCUT2D eigenvalue weighted by Crippen LogP contribution is 2.13. The molecule has 0 aromatic rings. The first-order valence-electron chi connectivity index (χ1n) is 5.01. The maximum atomic E-state index is 11.5. The van der Waals surface area contributed by atoms with Crippen LogP contribution in [0.2, 0.25) is 0 Å². The first-order chi connectivity index (χ1) is 7.08. The molecule has 0 bridgehead atoms. The number of nitrogens with one attached hydrogen (secondary N) is 1. The lowest BCUT2D eigenvalue weighted by Crippen LogP contribution is -2.48. The van der Waals surface area contributed by atoms with Crippen molar-refractivity contribution in [1.82, 2.24) is 5.32 Å². The van der Waals surface area contributed by atoms with E-state index >= 15 is 0 Å². The van der Waals surface area contributed by atoms with E-state index < -0.39 is 23.1 Å². The second-order valence-electron chi connectivity index (χ2n) is 4.89. The van der Waals surface area contributed by atoms with E-state index in [1.807, 2.05) is 0 Å². The highest BCUT2D eigenvalue weighted by molar-refractivity contribution is 5.77. The van der Waals surface area contributed by atoms with E-state index in [0.29, 0.717) is 0 Å². The van der Waals surface area contributed by atoms with Gasteiger partial charge in [-0.2, -0.15) is 0 Å². The molecular weight excluding hydrogens is 208 g/mol. The molecule has 0 aliphatic rings. The van der Waals surface area contributed by atoms with Gasteiger partial charge in [-0.15, -0.1) is 6.58 Å². The predicted molar refractivity (Wildman–Crippen MR) is 61.8 cm³/mol. The summed E-state index contributed by atoms with van der Waals surface area (Å²) < 4.78 is 5.07. The number of hydrogen-bond acceptors (Lipinski definition) is 3. The summed E-state index contributed by atoms with van der Waals surface area (Å²) in [6, 6.07) is 0. The molecule has 5 nitrogen and oxygen atoms in total. The summed E-state index contributed by atoms with van der Waals surface area (Å²) in [5.41, 5.74) is 3.61. The van der Waals surface area contributed by atoms with Crippen molar-refractivity contribution in [2.24, 2.45) is 5.73 Å². The number of alkyl carbamates (subject to hydrolysis) is 1. The van der Waals surface area contributed by atoms with Crippen molar-refractivity contribution < 1.29 is 14.3 Å². The van der Waals surface area contributed by atoms with Gasteiger partial charge in [0, 0.05) is 0 Å². The summed E-state index contributed by atoms with van der Waals surface area (Å²) in [7, 11) is 0.